The van der Waals surface area contributed by atoms with Crippen LogP contribution >= 0.6 is 0 Å². The summed E-state index contributed by atoms with van der Waals surface area (Å²) in [6, 6.07) is 0. The van der Waals surface area contributed by atoms with Gasteiger partial charge in [0.1, 0.15) is 0 Å². The molecule has 0 rings (SSSR count). The van der Waals surface area contributed by atoms with Crippen molar-refractivity contribution in [3.8, 4) is 0 Å². The average Bonchev–Trinajstić information content (AvgIpc) is 2.11. The third-order valence-electron chi connectivity index (χ3n) is 1.08. The van der Waals surface area contributed by atoms with Gasteiger partial charge in [-0.3, -0.25) is 4.79 Å². The Morgan fingerprint density at radius 1 is 1.58 bits per heavy atom. The van der Waals surface area contributed by atoms with Gasteiger partial charge in [-0.25, -0.2) is 4.79 Å². The molecule has 12 heavy (non-hydrogen) atoms. The van der Waals surface area contributed by atoms with Crippen LogP contribution in [0, 0.1) is 0 Å². The van der Waals surface area contributed by atoms with Gasteiger partial charge in [0, 0.05) is 6.54 Å². The van der Waals surface area contributed by atoms with Crippen molar-refractivity contribution in [1.29, 1.82) is 0 Å². The van der Waals surface area contributed by atoms with E-state index in [1.807, 2.05) is 0 Å². The molecule has 6 nitrogen and oxygen atoms in total. The van der Waals surface area contributed by atoms with Gasteiger partial charge in [-0.15, -0.1) is 0 Å². The lowest BCUT2D eigenvalue weighted by molar-refractivity contribution is -0.152. The molecule has 0 aliphatic heterocycles. The summed E-state index contributed by atoms with van der Waals surface area (Å²) in [5.74, 6) is -1.97. The van der Waals surface area contributed by atoms with Crippen LogP contribution in [0.4, 0.5) is 0 Å². The summed E-state index contributed by atoms with van der Waals surface area (Å²) in [6.45, 7) is -0.647. The zero-order valence-corrected chi connectivity index (χ0v) is 6.61. The topological polar surface area (TPSA) is 95.9 Å². The van der Waals surface area contributed by atoms with Crippen LogP contribution in [0.5, 0.6) is 0 Å². The van der Waals surface area contributed by atoms with Crippen LogP contribution in [0.3, 0.4) is 0 Å². The van der Waals surface area contributed by atoms with Gasteiger partial charge in [0.2, 0.25) is 0 Å². The van der Waals surface area contributed by atoms with Crippen molar-refractivity contribution in [2.45, 2.75) is 6.10 Å². The molecule has 0 fully saturated rings. The standard InChI is InChI=1S/C6H11NO5/c1-12-6(11)5(10)7-2-4(9)3-8/h4,8-9H,2-3H2,1H3,(H,7,10). The molecule has 0 spiro atoms. The van der Waals surface area contributed by atoms with Crippen molar-refractivity contribution >= 4 is 11.9 Å². The van der Waals surface area contributed by atoms with Gasteiger partial charge in [-0.2, -0.15) is 0 Å². The first-order valence-electron chi connectivity index (χ1n) is 3.27. The maximum absolute atomic E-state index is 10.6. The molecule has 0 aromatic rings. The number of nitrogens with one attached hydrogen (secondary N) is 1. The van der Waals surface area contributed by atoms with Crippen LogP contribution in [0.1, 0.15) is 0 Å². The number of carbonyl (C=O) groups is 2. The van der Waals surface area contributed by atoms with Crippen molar-refractivity contribution < 1.29 is 24.5 Å². The summed E-state index contributed by atoms with van der Waals surface area (Å²) in [5.41, 5.74) is 0. The number of hydrogen-bond donors (Lipinski definition) is 3. The van der Waals surface area contributed by atoms with E-state index in [0.29, 0.717) is 0 Å². The minimum atomic E-state index is -1.06. The van der Waals surface area contributed by atoms with Crippen LogP contribution in [0.25, 0.3) is 0 Å². The SMILES string of the molecule is COC(=O)C(=O)NCC(O)CO. The fourth-order valence-electron chi connectivity index (χ4n) is 0.440. The molecule has 6 heteroatoms. The quantitative estimate of drug-likeness (QED) is 0.331. The number of carbonyl (C=O) groups excluding carboxylic acids is 2. The highest BCUT2D eigenvalue weighted by Crippen LogP contribution is 1.78. The van der Waals surface area contributed by atoms with E-state index >= 15 is 0 Å². The summed E-state index contributed by atoms with van der Waals surface area (Å²) in [5, 5.41) is 19.1. The van der Waals surface area contributed by atoms with E-state index in [1.54, 1.807) is 0 Å². The number of aliphatic hydroxyl groups excluding tert-OH is 2. The first kappa shape index (κ1) is 10.9. The largest absolute Gasteiger partial charge is 0.462 e. The highest BCUT2D eigenvalue weighted by atomic mass is 16.5. The van der Waals surface area contributed by atoms with Crippen molar-refractivity contribution in [1.82, 2.24) is 5.32 Å². The van der Waals surface area contributed by atoms with Crippen molar-refractivity contribution in [3.63, 3.8) is 0 Å². The Bertz CT molecular complexity index is 169. The molecule has 0 saturated heterocycles. The molecule has 0 radical (unpaired) electrons. The minimum absolute atomic E-state index is 0.176. The van der Waals surface area contributed by atoms with Crippen molar-refractivity contribution in [2.24, 2.45) is 0 Å². The lowest BCUT2D eigenvalue weighted by atomic mass is 10.4. The Hall–Kier alpha value is -1.14. The lowest BCUT2D eigenvalue weighted by Crippen LogP contribution is -2.38. The Balaban J connectivity index is 3.64. The second kappa shape index (κ2) is 5.50. The van der Waals surface area contributed by atoms with E-state index in [1.165, 1.54) is 0 Å². The fraction of sp³-hybridized carbons (Fsp3) is 0.667. The Kier molecular flexibility index (Phi) is 4.98. The van der Waals surface area contributed by atoms with Gasteiger partial charge >= 0.3 is 11.9 Å². The fourth-order valence-corrected chi connectivity index (χ4v) is 0.440. The predicted octanol–water partition coefficient (Wildman–Crippen LogP) is -2.37. The van der Waals surface area contributed by atoms with E-state index in [9.17, 15) is 9.59 Å². The molecule has 0 aromatic heterocycles. The molecule has 1 amide bonds. The number of methoxy groups -OCH3 is 1. The van der Waals surface area contributed by atoms with Crippen molar-refractivity contribution in [2.75, 3.05) is 20.3 Å². The zero-order valence-electron chi connectivity index (χ0n) is 6.61. The number of aliphatic hydroxyl groups is 2. The molecular weight excluding hydrogens is 166 g/mol. The summed E-state index contributed by atoms with van der Waals surface area (Å²) in [4.78, 5) is 21.1. The Morgan fingerprint density at radius 3 is 2.58 bits per heavy atom. The van der Waals surface area contributed by atoms with Gasteiger partial charge in [0.05, 0.1) is 19.8 Å². The molecule has 1 atom stereocenters. The average molecular weight is 177 g/mol. The molecule has 0 aliphatic carbocycles. The van der Waals surface area contributed by atoms with Gasteiger partial charge in [-0.05, 0) is 0 Å². The predicted molar refractivity (Wildman–Crippen MR) is 38.1 cm³/mol. The molecule has 3 N–H and O–H groups in total. The van der Waals surface area contributed by atoms with Crippen LogP contribution in [-0.2, 0) is 14.3 Å². The lowest BCUT2D eigenvalue weighted by Gasteiger charge is -2.06. The van der Waals surface area contributed by atoms with Crippen molar-refractivity contribution in [3.05, 3.63) is 0 Å². The monoisotopic (exact) mass is 177 g/mol. The number of ether oxygens (including phenoxy) is 1. The molecule has 70 valence electrons. The van der Waals surface area contributed by atoms with Gasteiger partial charge in [0.15, 0.2) is 0 Å². The smallest absolute Gasteiger partial charge is 0.396 e. The van der Waals surface area contributed by atoms with Crippen LogP contribution in [-0.4, -0.2) is 48.5 Å². The molecule has 0 aromatic carbocycles. The number of amides is 1. The first-order valence-corrected chi connectivity index (χ1v) is 3.27. The molecule has 1 unspecified atom stereocenters. The second-order valence-corrected chi connectivity index (χ2v) is 2.04. The maximum Gasteiger partial charge on any atom is 0.396 e. The summed E-state index contributed by atoms with van der Waals surface area (Å²) < 4.78 is 4.08. The molecule has 0 heterocycles. The zero-order chi connectivity index (χ0) is 9.56. The van der Waals surface area contributed by atoms with Crippen LogP contribution < -0.4 is 5.32 Å². The minimum Gasteiger partial charge on any atom is -0.462 e. The molecular formula is C6H11NO5. The van der Waals surface area contributed by atoms with Gasteiger partial charge in [-0.1, -0.05) is 0 Å². The number of rotatable bonds is 3. The number of hydrogen-bond acceptors (Lipinski definition) is 5. The van der Waals surface area contributed by atoms with Crippen LogP contribution in [0.2, 0.25) is 0 Å². The van der Waals surface area contributed by atoms with E-state index in [2.05, 4.69) is 10.1 Å². The van der Waals surface area contributed by atoms with E-state index < -0.39 is 24.6 Å². The van der Waals surface area contributed by atoms with E-state index in [-0.39, 0.29) is 6.54 Å². The third kappa shape index (κ3) is 3.89. The normalized spacial score (nSPS) is 11.9. The highest BCUT2D eigenvalue weighted by molar-refractivity contribution is 6.32. The Morgan fingerprint density at radius 2 is 2.17 bits per heavy atom. The summed E-state index contributed by atoms with van der Waals surface area (Å²) in [7, 11) is 1.07. The van der Waals surface area contributed by atoms with Crippen LogP contribution in [0.15, 0.2) is 0 Å². The summed E-state index contributed by atoms with van der Waals surface area (Å²) >= 11 is 0. The molecule has 0 aliphatic rings. The molecule has 0 saturated carbocycles. The van der Waals surface area contributed by atoms with E-state index in [4.69, 9.17) is 10.2 Å². The summed E-state index contributed by atoms with van der Waals surface area (Å²) in [6.07, 6.45) is -1.06. The third-order valence-corrected chi connectivity index (χ3v) is 1.08. The highest BCUT2D eigenvalue weighted by Gasteiger charge is 2.13. The second-order valence-electron chi connectivity index (χ2n) is 2.04. The number of esters is 1. The Labute approximate surface area is 69.1 Å². The van der Waals surface area contributed by atoms with Gasteiger partial charge < -0.3 is 20.3 Å². The van der Waals surface area contributed by atoms with E-state index in [0.717, 1.165) is 7.11 Å². The molecule has 0 bridgehead atoms. The maximum atomic E-state index is 10.6. The first-order chi connectivity index (χ1) is 5.61. The van der Waals surface area contributed by atoms with Gasteiger partial charge in [0.25, 0.3) is 0 Å².